The van der Waals surface area contributed by atoms with Gasteiger partial charge in [0.05, 0.1) is 48.5 Å². The van der Waals surface area contributed by atoms with E-state index in [1.54, 1.807) is 0 Å². The van der Waals surface area contributed by atoms with E-state index in [9.17, 15) is 9.59 Å². The van der Waals surface area contributed by atoms with E-state index in [2.05, 4.69) is 46.7 Å². The van der Waals surface area contributed by atoms with Crippen LogP contribution in [0.4, 0.5) is 0 Å². The second-order valence-electron chi connectivity index (χ2n) is 14.5. The van der Waals surface area contributed by atoms with Crippen molar-refractivity contribution < 1.29 is 33.3 Å². The van der Waals surface area contributed by atoms with Crippen molar-refractivity contribution in [3.05, 3.63) is 0 Å². The van der Waals surface area contributed by atoms with Crippen LogP contribution >= 0.6 is 0 Å². The molecule has 0 radical (unpaired) electrons. The Bertz CT molecular complexity index is 897. The van der Waals surface area contributed by atoms with Gasteiger partial charge in [0, 0.05) is 24.3 Å². The minimum atomic E-state index is -0.364. The van der Waals surface area contributed by atoms with Crippen LogP contribution in [-0.4, -0.2) is 85.8 Å². The summed E-state index contributed by atoms with van der Waals surface area (Å²) in [7, 11) is 4.32. The molecular formula is C35H61NO7. The highest BCUT2D eigenvalue weighted by Crippen LogP contribution is 2.39. The summed E-state index contributed by atoms with van der Waals surface area (Å²) in [5.74, 6) is -1.08. The molecule has 4 bridgehead atoms. The molecule has 4 fully saturated rings. The molecule has 0 N–H and O–H groups in total. The molecule has 4 aliphatic rings. The molecule has 0 saturated carbocycles. The summed E-state index contributed by atoms with van der Waals surface area (Å²) in [6.45, 7) is 12.6. The van der Waals surface area contributed by atoms with Crippen LogP contribution in [0.15, 0.2) is 0 Å². The Hall–Kier alpha value is -1.22. The normalized spacial score (nSPS) is 40.8. The minimum Gasteiger partial charge on any atom is -0.462 e. The van der Waals surface area contributed by atoms with Gasteiger partial charge in [0.15, 0.2) is 0 Å². The second kappa shape index (κ2) is 15.9. The van der Waals surface area contributed by atoms with Crippen LogP contribution in [-0.2, 0) is 33.3 Å². The molecule has 8 heteroatoms. The van der Waals surface area contributed by atoms with Gasteiger partial charge in [-0.1, -0.05) is 40.5 Å². The molecule has 0 aromatic carbocycles. The number of esters is 2. The molecule has 0 aliphatic carbocycles. The Morgan fingerprint density at radius 1 is 0.767 bits per heavy atom. The molecule has 4 rings (SSSR count). The quantitative estimate of drug-likeness (QED) is 0.282. The molecule has 4 heterocycles. The standard InChI is InChI=1S/C35H61NO7/c1-9-11-25(36(7)8)19-27-13-15-29(39-27)21(3)33-22(4)30-17-18-32(42-30)24(6)34(37)41-26(12-10-2)20-28-14-16-31(40-28)23(5)35(38)43-33/h21-33H,9-20H2,1-8H3/t21-,22-,23+,24-,25-,26+,27+,28+,29-,30+,31-,32-,33+/m0/s1. The van der Waals surface area contributed by atoms with E-state index in [0.717, 1.165) is 70.6 Å². The zero-order chi connectivity index (χ0) is 31.3. The third kappa shape index (κ3) is 8.74. The van der Waals surface area contributed by atoms with Gasteiger partial charge in [-0.25, -0.2) is 0 Å². The Balaban J connectivity index is 1.51. The fourth-order valence-electron chi connectivity index (χ4n) is 8.01. The van der Waals surface area contributed by atoms with Gasteiger partial charge in [-0.05, 0) is 85.7 Å². The Morgan fingerprint density at radius 2 is 1.42 bits per heavy atom. The molecular weight excluding hydrogens is 546 g/mol. The molecule has 13 atom stereocenters. The predicted octanol–water partition coefficient (Wildman–Crippen LogP) is 6.32. The van der Waals surface area contributed by atoms with Crippen molar-refractivity contribution in [1.82, 2.24) is 4.90 Å². The van der Waals surface area contributed by atoms with Gasteiger partial charge < -0.3 is 28.6 Å². The summed E-state index contributed by atoms with van der Waals surface area (Å²) in [5, 5.41) is 0. The van der Waals surface area contributed by atoms with Crippen molar-refractivity contribution in [3.63, 3.8) is 0 Å². The van der Waals surface area contributed by atoms with Crippen LogP contribution in [0.5, 0.6) is 0 Å². The summed E-state index contributed by atoms with van der Waals surface area (Å²) in [6, 6.07) is 0.509. The molecule has 8 nitrogen and oxygen atoms in total. The number of hydrogen-bond donors (Lipinski definition) is 0. The summed E-state index contributed by atoms with van der Waals surface area (Å²) < 4.78 is 32.2. The van der Waals surface area contributed by atoms with Crippen LogP contribution in [0.3, 0.4) is 0 Å². The third-order valence-corrected chi connectivity index (χ3v) is 11.0. The van der Waals surface area contributed by atoms with E-state index in [4.69, 9.17) is 23.7 Å². The number of cyclic esters (lactones) is 2. The number of carbonyl (C=O) groups is 2. The van der Waals surface area contributed by atoms with Gasteiger partial charge in [-0.3, -0.25) is 9.59 Å². The third-order valence-electron chi connectivity index (χ3n) is 11.0. The highest BCUT2D eigenvalue weighted by molar-refractivity contribution is 5.73. The van der Waals surface area contributed by atoms with E-state index in [-0.39, 0.29) is 84.4 Å². The van der Waals surface area contributed by atoms with Crippen molar-refractivity contribution in [1.29, 1.82) is 0 Å². The number of ether oxygens (including phenoxy) is 5. The summed E-state index contributed by atoms with van der Waals surface area (Å²) in [5.41, 5.74) is 0. The van der Waals surface area contributed by atoms with Crippen molar-refractivity contribution >= 4 is 11.9 Å². The highest BCUT2D eigenvalue weighted by Gasteiger charge is 2.46. The van der Waals surface area contributed by atoms with E-state index < -0.39 is 0 Å². The lowest BCUT2D eigenvalue weighted by molar-refractivity contribution is -0.175. The first-order valence-corrected chi connectivity index (χ1v) is 17.6. The molecule has 4 saturated heterocycles. The molecule has 248 valence electrons. The summed E-state index contributed by atoms with van der Waals surface area (Å²) in [6.07, 6.45) is 10.3. The van der Waals surface area contributed by atoms with Gasteiger partial charge in [-0.15, -0.1) is 0 Å². The molecule has 43 heavy (non-hydrogen) atoms. The lowest BCUT2D eigenvalue weighted by Gasteiger charge is -2.36. The number of rotatable bonds is 9. The summed E-state index contributed by atoms with van der Waals surface area (Å²) in [4.78, 5) is 29.3. The number of fused-ring (bicyclic) bond motifs is 4. The maximum Gasteiger partial charge on any atom is 0.311 e. The topological polar surface area (TPSA) is 83.5 Å². The fraction of sp³-hybridized carbons (Fsp3) is 0.943. The van der Waals surface area contributed by atoms with Crippen molar-refractivity contribution in [2.75, 3.05) is 14.1 Å². The van der Waals surface area contributed by atoms with Crippen LogP contribution in [0, 0.1) is 23.7 Å². The molecule has 0 aromatic heterocycles. The Morgan fingerprint density at radius 3 is 2.09 bits per heavy atom. The Labute approximate surface area is 261 Å². The second-order valence-corrected chi connectivity index (χ2v) is 14.5. The van der Waals surface area contributed by atoms with Gasteiger partial charge in [-0.2, -0.15) is 0 Å². The molecule has 0 aromatic rings. The first-order chi connectivity index (χ1) is 20.5. The zero-order valence-corrected chi connectivity index (χ0v) is 28.3. The SMILES string of the molecule is CCC[C@@H]1C[C@H]2CC[C@H](O2)[C@@H](C)C(=O)O[C@H]([C@@H](C)[C@@H]2CC[C@H](C[C@H](CCC)N(C)C)O2)[C@@H](C)[C@H]2CC[C@H](O2)[C@H](C)C(=O)O1. The van der Waals surface area contributed by atoms with E-state index in [1.807, 2.05) is 13.8 Å². The van der Waals surface area contributed by atoms with E-state index in [0.29, 0.717) is 12.5 Å². The lowest BCUT2D eigenvalue weighted by atomic mass is 9.84. The average Bonchev–Trinajstić information content (AvgIpc) is 3.75. The monoisotopic (exact) mass is 607 g/mol. The molecule has 0 unspecified atom stereocenters. The van der Waals surface area contributed by atoms with E-state index in [1.165, 1.54) is 0 Å². The van der Waals surface area contributed by atoms with Gasteiger partial charge in [0.25, 0.3) is 0 Å². The Kier molecular flexibility index (Phi) is 12.8. The summed E-state index contributed by atoms with van der Waals surface area (Å²) >= 11 is 0. The van der Waals surface area contributed by atoms with Crippen LogP contribution < -0.4 is 0 Å². The lowest BCUT2D eigenvalue weighted by Crippen LogP contribution is -2.44. The van der Waals surface area contributed by atoms with Gasteiger partial charge >= 0.3 is 11.9 Å². The maximum absolute atomic E-state index is 13.7. The van der Waals surface area contributed by atoms with Crippen molar-refractivity contribution in [2.24, 2.45) is 23.7 Å². The largest absolute Gasteiger partial charge is 0.462 e. The number of hydrogen-bond acceptors (Lipinski definition) is 8. The molecule has 4 aliphatic heterocycles. The minimum absolute atomic E-state index is 0.0175. The first-order valence-electron chi connectivity index (χ1n) is 17.6. The number of nitrogens with zero attached hydrogens (tertiary/aromatic N) is 1. The van der Waals surface area contributed by atoms with Crippen LogP contribution in [0.2, 0.25) is 0 Å². The van der Waals surface area contributed by atoms with E-state index >= 15 is 0 Å². The first kappa shape index (κ1) is 34.6. The molecule has 0 spiro atoms. The van der Waals surface area contributed by atoms with Crippen LogP contribution in [0.1, 0.15) is 119 Å². The van der Waals surface area contributed by atoms with Gasteiger partial charge in [0.1, 0.15) is 12.2 Å². The van der Waals surface area contributed by atoms with Crippen LogP contribution in [0.25, 0.3) is 0 Å². The highest BCUT2D eigenvalue weighted by atomic mass is 16.6. The maximum atomic E-state index is 13.7. The zero-order valence-electron chi connectivity index (χ0n) is 28.3. The predicted molar refractivity (Wildman–Crippen MR) is 167 cm³/mol. The fourth-order valence-corrected chi connectivity index (χ4v) is 8.01. The molecule has 0 amide bonds. The number of carbonyl (C=O) groups excluding carboxylic acids is 2. The smallest absolute Gasteiger partial charge is 0.311 e. The van der Waals surface area contributed by atoms with Crippen molar-refractivity contribution in [2.45, 2.75) is 173 Å². The van der Waals surface area contributed by atoms with Gasteiger partial charge in [0.2, 0.25) is 0 Å². The van der Waals surface area contributed by atoms with Crippen molar-refractivity contribution in [3.8, 4) is 0 Å². The average molecular weight is 608 g/mol.